The van der Waals surface area contributed by atoms with Gasteiger partial charge in [0.25, 0.3) is 0 Å². The number of nitrogens with one attached hydrogen (secondary N) is 1. The third kappa shape index (κ3) is 4.95. The maximum absolute atomic E-state index is 12.1. The number of carbonyl (C=O) groups is 1. The normalized spacial score (nSPS) is 16.3. The Labute approximate surface area is 145 Å². The van der Waals surface area contributed by atoms with Crippen molar-refractivity contribution in [1.29, 1.82) is 0 Å². The molecular formula is C15H24BrN5O2. The fourth-order valence-electron chi connectivity index (χ4n) is 2.40. The highest BCUT2D eigenvalue weighted by Crippen LogP contribution is 2.26. The largest absolute Gasteiger partial charge is 0.444 e. The standard InChI is InChI=1S/C15H24BrN5O2/c1-9-11(16)12(20-13(17)18-9)19-10-5-7-21(8-6-10)14(22)23-15(2,3)4/h10H,5-8H2,1-4H3,(H3,17,18,19,20). The van der Waals surface area contributed by atoms with E-state index >= 15 is 0 Å². The van der Waals surface area contributed by atoms with Gasteiger partial charge in [-0.25, -0.2) is 9.78 Å². The Hall–Kier alpha value is -1.57. The molecule has 1 aromatic heterocycles. The quantitative estimate of drug-likeness (QED) is 0.812. The van der Waals surface area contributed by atoms with Crippen LogP contribution in [0.4, 0.5) is 16.6 Å². The number of rotatable bonds is 2. The van der Waals surface area contributed by atoms with Crippen molar-refractivity contribution in [2.24, 2.45) is 0 Å². The maximum atomic E-state index is 12.1. The fourth-order valence-corrected chi connectivity index (χ4v) is 2.69. The number of nitrogen functional groups attached to an aromatic ring is 1. The number of aromatic nitrogens is 2. The van der Waals surface area contributed by atoms with Crippen LogP contribution in [0, 0.1) is 6.92 Å². The van der Waals surface area contributed by atoms with Crippen molar-refractivity contribution in [3.05, 3.63) is 10.2 Å². The summed E-state index contributed by atoms with van der Waals surface area (Å²) in [6.07, 6.45) is 1.41. The van der Waals surface area contributed by atoms with Gasteiger partial charge in [0, 0.05) is 19.1 Å². The zero-order valence-corrected chi connectivity index (χ0v) is 15.6. The number of anilines is 2. The molecule has 2 heterocycles. The Balaban J connectivity index is 1.92. The maximum Gasteiger partial charge on any atom is 0.410 e. The van der Waals surface area contributed by atoms with Gasteiger partial charge in [0.15, 0.2) is 0 Å². The monoisotopic (exact) mass is 385 g/mol. The smallest absolute Gasteiger partial charge is 0.410 e. The van der Waals surface area contributed by atoms with Crippen LogP contribution in [0.25, 0.3) is 0 Å². The molecule has 128 valence electrons. The van der Waals surface area contributed by atoms with Crippen LogP contribution >= 0.6 is 15.9 Å². The SMILES string of the molecule is Cc1nc(N)nc(NC2CCN(C(=O)OC(C)(C)C)CC2)c1Br. The summed E-state index contributed by atoms with van der Waals surface area (Å²) in [5, 5.41) is 3.38. The molecule has 3 N–H and O–H groups in total. The molecule has 0 aromatic carbocycles. The fraction of sp³-hybridized carbons (Fsp3) is 0.667. The lowest BCUT2D eigenvalue weighted by atomic mass is 10.1. The van der Waals surface area contributed by atoms with Crippen molar-refractivity contribution >= 4 is 33.8 Å². The van der Waals surface area contributed by atoms with Crippen molar-refractivity contribution in [2.75, 3.05) is 24.1 Å². The summed E-state index contributed by atoms with van der Waals surface area (Å²) in [4.78, 5) is 22.1. The number of likely N-dealkylation sites (tertiary alicyclic amines) is 1. The van der Waals surface area contributed by atoms with Crippen LogP contribution in [0.1, 0.15) is 39.3 Å². The second-order valence-electron chi connectivity index (χ2n) is 6.72. The predicted molar refractivity (Wildman–Crippen MR) is 93.3 cm³/mol. The average molecular weight is 386 g/mol. The van der Waals surface area contributed by atoms with Crippen LogP contribution in [0.5, 0.6) is 0 Å². The highest BCUT2D eigenvalue weighted by atomic mass is 79.9. The molecule has 0 aliphatic carbocycles. The first kappa shape index (κ1) is 17.8. The van der Waals surface area contributed by atoms with Crippen molar-refractivity contribution in [2.45, 2.75) is 52.2 Å². The first-order valence-electron chi connectivity index (χ1n) is 7.70. The van der Waals surface area contributed by atoms with Crippen molar-refractivity contribution < 1.29 is 9.53 Å². The van der Waals surface area contributed by atoms with E-state index in [0.29, 0.717) is 18.9 Å². The van der Waals surface area contributed by atoms with Crippen molar-refractivity contribution in [3.63, 3.8) is 0 Å². The van der Waals surface area contributed by atoms with Gasteiger partial charge in [-0.3, -0.25) is 0 Å². The molecule has 1 fully saturated rings. The Morgan fingerprint density at radius 2 is 1.96 bits per heavy atom. The number of carbonyl (C=O) groups excluding carboxylic acids is 1. The molecular weight excluding hydrogens is 362 g/mol. The number of hydrogen-bond acceptors (Lipinski definition) is 6. The number of nitrogens with two attached hydrogens (primary N) is 1. The van der Waals surface area contributed by atoms with Gasteiger partial charge in [-0.05, 0) is 56.5 Å². The second kappa shape index (κ2) is 6.90. The highest BCUT2D eigenvalue weighted by Gasteiger charge is 2.27. The minimum absolute atomic E-state index is 0.235. The number of ether oxygens (including phenoxy) is 1. The minimum atomic E-state index is -0.465. The van der Waals surface area contributed by atoms with Gasteiger partial charge in [0.2, 0.25) is 5.95 Å². The summed E-state index contributed by atoms with van der Waals surface area (Å²) in [5.74, 6) is 0.949. The van der Waals surface area contributed by atoms with E-state index < -0.39 is 5.60 Å². The van der Waals surface area contributed by atoms with Gasteiger partial charge in [0.05, 0.1) is 10.2 Å². The Kier molecular flexibility index (Phi) is 5.33. The summed E-state index contributed by atoms with van der Waals surface area (Å²) in [6.45, 7) is 8.81. The van der Waals surface area contributed by atoms with E-state index in [-0.39, 0.29) is 18.1 Å². The first-order valence-corrected chi connectivity index (χ1v) is 8.49. The lowest BCUT2D eigenvalue weighted by Crippen LogP contribution is -2.44. The van der Waals surface area contributed by atoms with Gasteiger partial charge >= 0.3 is 6.09 Å². The first-order chi connectivity index (χ1) is 10.7. The Morgan fingerprint density at radius 3 is 2.52 bits per heavy atom. The molecule has 1 aliphatic heterocycles. The third-order valence-corrected chi connectivity index (χ3v) is 4.47. The summed E-state index contributed by atoms with van der Waals surface area (Å²) in [7, 11) is 0. The van der Waals surface area contributed by atoms with Gasteiger partial charge in [-0.15, -0.1) is 0 Å². The molecule has 0 unspecified atom stereocenters. The summed E-state index contributed by atoms with van der Waals surface area (Å²) < 4.78 is 6.22. The van der Waals surface area contributed by atoms with Gasteiger partial charge in [-0.1, -0.05) is 0 Å². The molecule has 1 aromatic rings. The van der Waals surface area contributed by atoms with E-state index in [9.17, 15) is 4.79 Å². The zero-order valence-electron chi connectivity index (χ0n) is 14.0. The molecule has 1 aliphatic rings. The van der Waals surface area contributed by atoms with E-state index in [2.05, 4.69) is 31.2 Å². The molecule has 0 saturated carbocycles. The van der Waals surface area contributed by atoms with Crippen LogP contribution in [0.15, 0.2) is 4.47 Å². The highest BCUT2D eigenvalue weighted by molar-refractivity contribution is 9.10. The van der Waals surface area contributed by atoms with Crippen LogP contribution in [-0.2, 0) is 4.74 Å². The molecule has 8 heteroatoms. The number of piperidine rings is 1. The van der Waals surface area contributed by atoms with Crippen LogP contribution < -0.4 is 11.1 Å². The molecule has 0 radical (unpaired) electrons. The molecule has 1 saturated heterocycles. The lowest BCUT2D eigenvalue weighted by molar-refractivity contribution is 0.0210. The molecule has 1 amide bonds. The van der Waals surface area contributed by atoms with Gasteiger partial charge < -0.3 is 20.7 Å². The molecule has 0 bridgehead atoms. The Bertz CT molecular complexity index is 580. The van der Waals surface area contributed by atoms with E-state index in [1.54, 1.807) is 4.90 Å². The predicted octanol–water partition coefficient (Wildman–Crippen LogP) is 2.94. The van der Waals surface area contributed by atoms with E-state index in [1.165, 1.54) is 0 Å². The van der Waals surface area contributed by atoms with Crippen molar-refractivity contribution in [1.82, 2.24) is 14.9 Å². The molecule has 23 heavy (non-hydrogen) atoms. The van der Waals surface area contributed by atoms with E-state index in [1.807, 2.05) is 27.7 Å². The number of amides is 1. The van der Waals surface area contributed by atoms with Gasteiger partial charge in [-0.2, -0.15) is 4.98 Å². The number of hydrogen-bond donors (Lipinski definition) is 2. The summed E-state index contributed by atoms with van der Waals surface area (Å²) in [5.41, 5.74) is 6.03. The Morgan fingerprint density at radius 1 is 1.35 bits per heavy atom. The van der Waals surface area contributed by atoms with Crippen LogP contribution in [0.2, 0.25) is 0 Å². The van der Waals surface area contributed by atoms with Gasteiger partial charge in [0.1, 0.15) is 11.4 Å². The molecule has 0 spiro atoms. The summed E-state index contributed by atoms with van der Waals surface area (Å²) >= 11 is 3.48. The summed E-state index contributed by atoms with van der Waals surface area (Å²) in [6, 6.07) is 0.235. The van der Waals surface area contributed by atoms with E-state index in [4.69, 9.17) is 10.5 Å². The molecule has 7 nitrogen and oxygen atoms in total. The average Bonchev–Trinajstić information content (AvgIpc) is 2.43. The number of aryl methyl sites for hydroxylation is 1. The topological polar surface area (TPSA) is 93.4 Å². The number of nitrogens with zero attached hydrogens (tertiary/aromatic N) is 3. The van der Waals surface area contributed by atoms with Crippen molar-refractivity contribution in [3.8, 4) is 0 Å². The molecule has 0 atom stereocenters. The molecule has 2 rings (SSSR count). The van der Waals surface area contributed by atoms with Crippen LogP contribution in [0.3, 0.4) is 0 Å². The number of halogens is 1. The zero-order chi connectivity index (χ0) is 17.2. The minimum Gasteiger partial charge on any atom is -0.444 e. The van der Waals surface area contributed by atoms with Crippen LogP contribution in [-0.4, -0.2) is 45.7 Å². The second-order valence-corrected chi connectivity index (χ2v) is 7.51. The van der Waals surface area contributed by atoms with E-state index in [0.717, 1.165) is 23.0 Å². The lowest BCUT2D eigenvalue weighted by Gasteiger charge is -2.34. The third-order valence-electron chi connectivity index (χ3n) is 3.52.